The minimum Gasteiger partial charge on any atom is -0.335 e. The Balaban J connectivity index is 1.47. The number of fused-ring (bicyclic) bond motifs is 1. The van der Waals surface area contributed by atoms with Crippen molar-refractivity contribution >= 4 is 23.2 Å². The Kier molecular flexibility index (Phi) is 5.46. The van der Waals surface area contributed by atoms with Crippen LogP contribution in [0.5, 0.6) is 0 Å². The third-order valence-electron chi connectivity index (χ3n) is 5.21. The van der Waals surface area contributed by atoms with Crippen molar-refractivity contribution in [2.75, 3.05) is 26.2 Å². The zero-order valence-corrected chi connectivity index (χ0v) is 17.5. The number of amides is 1. The van der Waals surface area contributed by atoms with Crippen molar-refractivity contribution < 1.29 is 13.6 Å². The lowest BCUT2D eigenvalue weighted by atomic mass is 10.1. The van der Waals surface area contributed by atoms with Crippen molar-refractivity contribution in [1.29, 1.82) is 0 Å². The summed E-state index contributed by atoms with van der Waals surface area (Å²) in [6.07, 6.45) is 0. The minimum atomic E-state index is -3.61. The first-order chi connectivity index (χ1) is 14.2. The first-order valence-corrected chi connectivity index (χ1v) is 10.1. The molecule has 6 nitrogen and oxygen atoms in total. The van der Waals surface area contributed by atoms with Crippen molar-refractivity contribution in [2.45, 2.75) is 25.8 Å². The molecule has 0 radical (unpaired) electrons. The highest BCUT2D eigenvalue weighted by molar-refractivity contribution is 6.21. The fourth-order valence-electron chi connectivity index (χ4n) is 3.75. The molecule has 3 heterocycles. The molecule has 1 aliphatic heterocycles. The van der Waals surface area contributed by atoms with Gasteiger partial charge in [0.15, 0.2) is 11.3 Å². The van der Waals surface area contributed by atoms with Gasteiger partial charge in [-0.25, -0.2) is 9.50 Å². The molecule has 4 rings (SSSR count). The third-order valence-corrected chi connectivity index (χ3v) is 5.41. The zero-order valence-electron chi connectivity index (χ0n) is 16.8. The molecular formula is C21H22ClF2N5O. The lowest BCUT2D eigenvalue weighted by Gasteiger charge is -2.34. The van der Waals surface area contributed by atoms with Crippen LogP contribution in [0, 0.1) is 13.8 Å². The fourth-order valence-corrected chi connectivity index (χ4v) is 3.88. The molecule has 0 atom stereocenters. The van der Waals surface area contributed by atoms with Gasteiger partial charge in [0.25, 0.3) is 5.91 Å². The normalized spacial score (nSPS) is 15.7. The maximum Gasteiger partial charge on any atom is 0.364 e. The van der Waals surface area contributed by atoms with Gasteiger partial charge in [-0.15, -0.1) is 0 Å². The molecule has 0 saturated carbocycles. The van der Waals surface area contributed by atoms with Gasteiger partial charge in [-0.1, -0.05) is 29.8 Å². The standard InChI is InChI=1S/C21H22ClF2N5O/c1-14-4-3-5-16(10-14)13-27-6-8-28(9-7-27)20(30)17-12-19-25-15(2)11-18(21(22,23)24)29(19)26-17/h3-5,10-12H,6-9,13H2,1-2H3. The summed E-state index contributed by atoms with van der Waals surface area (Å²) in [4.78, 5) is 21.1. The van der Waals surface area contributed by atoms with Gasteiger partial charge in [0.1, 0.15) is 5.69 Å². The Morgan fingerprint density at radius 1 is 1.13 bits per heavy atom. The zero-order chi connectivity index (χ0) is 21.5. The second kappa shape index (κ2) is 7.92. The molecule has 9 heteroatoms. The van der Waals surface area contributed by atoms with Crippen molar-refractivity contribution in [2.24, 2.45) is 0 Å². The number of aryl methyl sites for hydroxylation is 2. The van der Waals surface area contributed by atoms with Gasteiger partial charge in [-0.2, -0.15) is 13.9 Å². The summed E-state index contributed by atoms with van der Waals surface area (Å²) in [7, 11) is 0. The molecule has 0 unspecified atom stereocenters. The van der Waals surface area contributed by atoms with E-state index in [4.69, 9.17) is 11.6 Å². The SMILES string of the molecule is Cc1cccc(CN2CCN(C(=O)c3cc4nc(C)cc(C(F)(F)Cl)n4n3)CC2)c1. The minimum absolute atomic E-state index is 0.0856. The Labute approximate surface area is 178 Å². The smallest absolute Gasteiger partial charge is 0.335 e. The van der Waals surface area contributed by atoms with Crippen LogP contribution in [0.15, 0.2) is 36.4 Å². The van der Waals surface area contributed by atoms with Crippen molar-refractivity contribution in [1.82, 2.24) is 24.4 Å². The maximum atomic E-state index is 13.8. The summed E-state index contributed by atoms with van der Waals surface area (Å²) >= 11 is 5.22. The highest BCUT2D eigenvalue weighted by atomic mass is 35.5. The Bertz CT molecular complexity index is 1090. The van der Waals surface area contributed by atoms with Crippen LogP contribution >= 0.6 is 11.6 Å². The molecule has 1 aromatic carbocycles. The summed E-state index contributed by atoms with van der Waals surface area (Å²) in [5.41, 5.74) is 2.59. The summed E-state index contributed by atoms with van der Waals surface area (Å²) in [5.74, 6) is -0.294. The van der Waals surface area contributed by atoms with Crippen LogP contribution in [0.4, 0.5) is 8.78 Å². The second-order valence-electron chi connectivity index (χ2n) is 7.64. The average molecular weight is 434 g/mol. The summed E-state index contributed by atoms with van der Waals surface area (Å²) in [5, 5.41) is 0.465. The molecule has 1 saturated heterocycles. The van der Waals surface area contributed by atoms with Crippen molar-refractivity contribution in [3.05, 3.63) is 64.6 Å². The number of nitrogens with zero attached hydrogens (tertiary/aromatic N) is 5. The largest absolute Gasteiger partial charge is 0.364 e. The molecule has 2 aromatic heterocycles. The van der Waals surface area contributed by atoms with Gasteiger partial charge in [-0.05, 0) is 37.1 Å². The topological polar surface area (TPSA) is 53.7 Å². The first-order valence-electron chi connectivity index (χ1n) is 9.72. The summed E-state index contributed by atoms with van der Waals surface area (Å²) < 4.78 is 28.5. The Morgan fingerprint density at radius 2 is 1.87 bits per heavy atom. The van der Waals surface area contributed by atoms with Gasteiger partial charge in [0, 0.05) is 44.5 Å². The predicted molar refractivity (Wildman–Crippen MR) is 110 cm³/mol. The van der Waals surface area contributed by atoms with E-state index in [0.717, 1.165) is 24.1 Å². The average Bonchev–Trinajstić information content (AvgIpc) is 3.10. The molecule has 1 amide bonds. The van der Waals surface area contributed by atoms with E-state index in [1.807, 2.05) is 6.07 Å². The number of carbonyl (C=O) groups excluding carboxylic acids is 1. The van der Waals surface area contributed by atoms with Crippen LogP contribution in [-0.4, -0.2) is 56.5 Å². The Hall–Kier alpha value is -2.58. The Morgan fingerprint density at radius 3 is 2.53 bits per heavy atom. The number of carbonyl (C=O) groups is 1. The highest BCUT2D eigenvalue weighted by Crippen LogP contribution is 2.32. The number of rotatable bonds is 4. The van der Waals surface area contributed by atoms with Gasteiger partial charge >= 0.3 is 5.38 Å². The number of benzene rings is 1. The van der Waals surface area contributed by atoms with Gasteiger partial charge < -0.3 is 4.90 Å². The van der Waals surface area contributed by atoms with Crippen LogP contribution < -0.4 is 0 Å². The molecule has 3 aromatic rings. The van der Waals surface area contributed by atoms with Crippen molar-refractivity contribution in [3.63, 3.8) is 0 Å². The molecular weight excluding hydrogens is 412 g/mol. The monoisotopic (exact) mass is 433 g/mol. The van der Waals surface area contributed by atoms with E-state index in [0.29, 0.717) is 18.8 Å². The van der Waals surface area contributed by atoms with E-state index < -0.39 is 11.1 Å². The van der Waals surface area contributed by atoms with Crippen LogP contribution in [0.2, 0.25) is 0 Å². The second-order valence-corrected chi connectivity index (χ2v) is 8.11. The molecule has 0 N–H and O–H groups in total. The fraction of sp³-hybridized carbons (Fsp3) is 0.381. The maximum absolute atomic E-state index is 13.8. The number of hydrogen-bond acceptors (Lipinski definition) is 4. The molecule has 0 aliphatic carbocycles. The van der Waals surface area contributed by atoms with Crippen LogP contribution in [0.3, 0.4) is 0 Å². The van der Waals surface area contributed by atoms with Crippen molar-refractivity contribution in [3.8, 4) is 0 Å². The molecule has 0 bridgehead atoms. The summed E-state index contributed by atoms with van der Waals surface area (Å²) in [6, 6.07) is 11.0. The number of halogens is 3. The molecule has 1 aliphatic rings. The third kappa shape index (κ3) is 4.29. The van der Waals surface area contributed by atoms with E-state index in [2.05, 4.69) is 40.1 Å². The van der Waals surface area contributed by atoms with Crippen LogP contribution in [-0.2, 0) is 11.9 Å². The van der Waals surface area contributed by atoms with E-state index in [1.165, 1.54) is 23.3 Å². The van der Waals surface area contributed by atoms with E-state index in [-0.39, 0.29) is 17.2 Å². The quantitative estimate of drug-likeness (QED) is 0.590. The molecule has 158 valence electrons. The number of alkyl halides is 3. The van der Waals surface area contributed by atoms with Crippen LogP contribution in [0.25, 0.3) is 5.65 Å². The molecule has 1 fully saturated rings. The van der Waals surface area contributed by atoms with E-state index in [9.17, 15) is 13.6 Å². The summed E-state index contributed by atoms with van der Waals surface area (Å²) in [6.45, 7) is 7.04. The predicted octanol–water partition coefficient (Wildman–Crippen LogP) is 3.59. The lowest BCUT2D eigenvalue weighted by molar-refractivity contribution is 0.0620. The number of aromatic nitrogens is 3. The van der Waals surface area contributed by atoms with E-state index in [1.54, 1.807) is 11.8 Å². The lowest BCUT2D eigenvalue weighted by Crippen LogP contribution is -2.48. The van der Waals surface area contributed by atoms with Gasteiger partial charge in [-0.3, -0.25) is 9.69 Å². The molecule has 30 heavy (non-hydrogen) atoms. The highest BCUT2D eigenvalue weighted by Gasteiger charge is 2.33. The molecule has 0 spiro atoms. The van der Waals surface area contributed by atoms with E-state index >= 15 is 0 Å². The first kappa shape index (κ1) is 20.7. The van der Waals surface area contributed by atoms with Gasteiger partial charge in [0.2, 0.25) is 0 Å². The van der Waals surface area contributed by atoms with Gasteiger partial charge in [0.05, 0.1) is 0 Å². The van der Waals surface area contributed by atoms with Crippen LogP contribution in [0.1, 0.15) is 33.0 Å². The number of hydrogen-bond donors (Lipinski definition) is 0. The number of piperazine rings is 1.